The molecule has 8 nitrogen and oxygen atoms in total. The van der Waals surface area contributed by atoms with Crippen LogP contribution < -0.4 is 0 Å². The first-order chi connectivity index (χ1) is 14.5. The molecule has 3 fully saturated rings. The number of hydrogen-bond acceptors (Lipinski definition) is 7. The van der Waals surface area contributed by atoms with Crippen LogP contribution in [0, 0.1) is 0 Å². The lowest BCUT2D eigenvalue weighted by Crippen LogP contribution is -2.51. The molecular weight excluding hydrogens is 418 g/mol. The van der Waals surface area contributed by atoms with Gasteiger partial charge in [-0.2, -0.15) is 8.78 Å². The molecule has 1 aromatic heterocycles. The van der Waals surface area contributed by atoms with Gasteiger partial charge in [0.15, 0.2) is 0 Å². The molecule has 1 saturated carbocycles. The number of carbonyl (C=O) groups is 1. The molecule has 30 heavy (non-hydrogen) atoms. The lowest BCUT2D eigenvalue weighted by molar-refractivity contribution is 0.0209. The zero-order valence-corrected chi connectivity index (χ0v) is 16.7. The second-order valence-electron chi connectivity index (χ2n) is 7.92. The Morgan fingerprint density at radius 3 is 2.90 bits per heavy atom. The van der Waals surface area contributed by atoms with Crippen molar-refractivity contribution >= 4 is 17.3 Å². The van der Waals surface area contributed by atoms with E-state index in [0.29, 0.717) is 37.4 Å². The predicted octanol–water partition coefficient (Wildman–Crippen LogP) is 2.30. The van der Waals surface area contributed by atoms with Crippen molar-refractivity contribution in [2.45, 2.75) is 36.8 Å². The van der Waals surface area contributed by atoms with Gasteiger partial charge in [-0.25, -0.2) is 0 Å². The summed E-state index contributed by atoms with van der Waals surface area (Å²) >= 11 is -0.147. The van der Waals surface area contributed by atoms with Crippen molar-refractivity contribution < 1.29 is 26.9 Å². The fraction of sp³-hybridized carbons (Fsp3) is 0.526. The van der Waals surface area contributed by atoms with Gasteiger partial charge >= 0.3 is 11.4 Å². The van der Waals surface area contributed by atoms with E-state index in [2.05, 4.69) is 14.5 Å². The number of benzene rings is 1. The molecule has 4 heterocycles. The molecule has 11 heteroatoms. The largest absolute Gasteiger partial charge is 0.415 e. The van der Waals surface area contributed by atoms with E-state index in [9.17, 15) is 13.6 Å². The highest BCUT2D eigenvalue weighted by Crippen LogP contribution is 2.62. The molecule has 2 aromatic rings. The van der Waals surface area contributed by atoms with Crippen molar-refractivity contribution in [2.24, 2.45) is 0 Å². The van der Waals surface area contributed by atoms with Crippen molar-refractivity contribution in [1.29, 1.82) is 0 Å². The van der Waals surface area contributed by atoms with Gasteiger partial charge in [-0.15, -0.1) is 10.2 Å². The number of halogens is 2. The van der Waals surface area contributed by atoms with Crippen molar-refractivity contribution in [3.8, 4) is 11.5 Å². The van der Waals surface area contributed by atoms with Gasteiger partial charge in [-0.05, 0) is 17.7 Å². The van der Waals surface area contributed by atoms with E-state index in [0.717, 1.165) is 24.9 Å². The molecule has 1 aromatic carbocycles. The average Bonchev–Trinajstić information content (AvgIpc) is 3.58. The van der Waals surface area contributed by atoms with Gasteiger partial charge in [0, 0.05) is 37.1 Å². The van der Waals surface area contributed by atoms with E-state index in [-0.39, 0.29) is 34.1 Å². The molecule has 2 atom stereocenters. The fourth-order valence-corrected chi connectivity index (χ4v) is 6.21. The third-order valence-electron chi connectivity index (χ3n) is 5.86. The Kier molecular flexibility index (Phi) is 4.18. The summed E-state index contributed by atoms with van der Waals surface area (Å²) in [5.74, 6) is -0.840. The molecule has 1 amide bonds. The Morgan fingerprint density at radius 1 is 1.30 bits per heavy atom. The summed E-state index contributed by atoms with van der Waals surface area (Å²) in [7, 11) is 0. The maximum Gasteiger partial charge on any atom is 0.332 e. The smallest absolute Gasteiger partial charge is 0.332 e. The number of carbonyl (C=O) groups excluding carboxylic acids is 1. The van der Waals surface area contributed by atoms with Gasteiger partial charge in [0.25, 0.3) is 23.2 Å². The Balaban J connectivity index is 1.19. The molecule has 158 valence electrons. The maximum absolute atomic E-state index is 13.1. The van der Waals surface area contributed by atoms with Crippen LogP contribution in [0.3, 0.4) is 0 Å². The summed E-state index contributed by atoms with van der Waals surface area (Å²) in [6.07, 6.45) is -0.579. The van der Waals surface area contributed by atoms with Crippen LogP contribution in [0.1, 0.15) is 41.1 Å². The standard InChI is InChI=1S/C19H19F2N4O4S/c20-15(21)17-23-22-16(28-17)11-1-2-12-8-24(18(26)14(12)7-11)9-13-10-27-6-5-25(13)30-19(29-30)3-4-19/h1-2,7,13,15H,3-6,8-10H2/q+1/t13-,30?/m0/s1. The summed E-state index contributed by atoms with van der Waals surface area (Å²) in [6, 6.07) is 5.27. The van der Waals surface area contributed by atoms with E-state index >= 15 is 0 Å². The first-order valence-electron chi connectivity index (χ1n) is 9.87. The minimum atomic E-state index is -2.83. The summed E-state index contributed by atoms with van der Waals surface area (Å²) in [5.41, 5.74) is 1.88. The molecule has 0 radical (unpaired) electrons. The SMILES string of the molecule is O=C1c2cc(-c3nnc(C(F)F)o3)ccc2CN1C[C@H]1COCCN1[S+]1OC12CC2. The van der Waals surface area contributed by atoms with Crippen LogP contribution in [0.2, 0.25) is 0 Å². The maximum atomic E-state index is 13.1. The molecule has 0 N–H and O–H groups in total. The average molecular weight is 437 g/mol. The molecule has 3 aliphatic heterocycles. The van der Waals surface area contributed by atoms with Crippen LogP contribution in [0.4, 0.5) is 8.78 Å². The molecule has 2 saturated heterocycles. The van der Waals surface area contributed by atoms with E-state index in [1.807, 2.05) is 11.0 Å². The van der Waals surface area contributed by atoms with Crippen molar-refractivity contribution in [3.05, 3.63) is 35.2 Å². The molecule has 1 aliphatic carbocycles. The molecule has 0 bridgehead atoms. The third kappa shape index (κ3) is 3.03. The summed E-state index contributed by atoms with van der Waals surface area (Å²) in [6.45, 7) is 3.14. The summed E-state index contributed by atoms with van der Waals surface area (Å²) in [5, 5.41) is 7.02. The highest BCUT2D eigenvalue weighted by atomic mass is 32.2. The minimum Gasteiger partial charge on any atom is -0.415 e. The fourth-order valence-electron chi connectivity index (χ4n) is 4.09. The lowest BCUT2D eigenvalue weighted by Gasteiger charge is -2.30. The quantitative estimate of drug-likeness (QED) is 0.524. The van der Waals surface area contributed by atoms with E-state index < -0.39 is 12.3 Å². The van der Waals surface area contributed by atoms with Gasteiger partial charge in [-0.3, -0.25) is 4.79 Å². The normalized spacial score (nSPS) is 27.2. The predicted molar refractivity (Wildman–Crippen MR) is 101 cm³/mol. The zero-order chi connectivity index (χ0) is 20.5. The molecule has 1 spiro atoms. The van der Waals surface area contributed by atoms with Gasteiger partial charge in [0.1, 0.15) is 0 Å². The summed E-state index contributed by atoms with van der Waals surface area (Å²) < 4.78 is 44.4. The number of amides is 1. The Morgan fingerprint density at radius 2 is 2.17 bits per heavy atom. The Hall–Kier alpha value is -2.08. The minimum absolute atomic E-state index is 0.0204. The number of rotatable bonds is 5. The van der Waals surface area contributed by atoms with Gasteiger partial charge in [-0.1, -0.05) is 14.6 Å². The number of nitrogens with zero attached hydrogens (tertiary/aromatic N) is 4. The van der Waals surface area contributed by atoms with Gasteiger partial charge < -0.3 is 14.1 Å². The highest BCUT2D eigenvalue weighted by molar-refractivity contribution is 7.97. The second kappa shape index (κ2) is 6.71. The first kappa shape index (κ1) is 18.7. The molecular formula is C19H19F2N4O4S+. The van der Waals surface area contributed by atoms with Gasteiger partial charge in [0.05, 0.1) is 25.8 Å². The summed E-state index contributed by atoms with van der Waals surface area (Å²) in [4.78, 5) is 15.0. The second-order valence-corrected chi connectivity index (χ2v) is 9.79. The van der Waals surface area contributed by atoms with Crippen LogP contribution in [-0.4, -0.2) is 62.6 Å². The van der Waals surface area contributed by atoms with Crippen LogP contribution in [0.25, 0.3) is 11.5 Å². The van der Waals surface area contributed by atoms with E-state index in [1.165, 1.54) is 0 Å². The van der Waals surface area contributed by atoms with Crippen LogP contribution >= 0.6 is 0 Å². The van der Waals surface area contributed by atoms with Crippen LogP contribution in [0.5, 0.6) is 0 Å². The van der Waals surface area contributed by atoms with Crippen molar-refractivity contribution in [2.75, 3.05) is 26.3 Å². The van der Waals surface area contributed by atoms with Crippen LogP contribution in [-0.2, 0) is 26.8 Å². The Bertz CT molecular complexity index is 1010. The number of fused-ring (bicyclic) bond motifs is 1. The lowest BCUT2D eigenvalue weighted by atomic mass is 10.1. The van der Waals surface area contributed by atoms with Crippen molar-refractivity contribution in [3.63, 3.8) is 0 Å². The third-order valence-corrected chi connectivity index (χ3v) is 8.22. The molecule has 4 aliphatic rings. The van der Waals surface area contributed by atoms with Crippen molar-refractivity contribution in [1.82, 2.24) is 19.4 Å². The number of ether oxygens (including phenoxy) is 1. The topological polar surface area (TPSA) is 84.2 Å². The molecule has 6 rings (SSSR count). The molecule has 1 unspecified atom stereocenters. The first-order valence-corrected chi connectivity index (χ1v) is 11.0. The number of morpholine rings is 1. The Labute approximate surface area is 173 Å². The number of aromatic nitrogens is 2. The van der Waals surface area contributed by atoms with Gasteiger partial charge in [0.2, 0.25) is 5.89 Å². The number of alkyl halides is 2. The highest BCUT2D eigenvalue weighted by Gasteiger charge is 2.85. The number of hydrogen-bond donors (Lipinski definition) is 0. The zero-order valence-electron chi connectivity index (χ0n) is 15.9. The monoisotopic (exact) mass is 437 g/mol. The van der Waals surface area contributed by atoms with E-state index in [1.54, 1.807) is 12.1 Å². The van der Waals surface area contributed by atoms with E-state index in [4.69, 9.17) is 13.3 Å². The van der Waals surface area contributed by atoms with Crippen LogP contribution in [0.15, 0.2) is 22.6 Å².